The Bertz CT molecular complexity index is 1390. The number of hydrogen-bond donors (Lipinski definition) is 0. The Morgan fingerprint density at radius 3 is 2.41 bits per heavy atom. The third-order valence-corrected chi connectivity index (χ3v) is 5.57. The van der Waals surface area contributed by atoms with Crippen molar-refractivity contribution in [3.63, 3.8) is 0 Å². The summed E-state index contributed by atoms with van der Waals surface area (Å²) in [5.41, 5.74) is 6.59. The molecule has 0 aliphatic carbocycles. The van der Waals surface area contributed by atoms with Crippen LogP contribution < -0.4 is 0 Å². The molecule has 2 heterocycles. The van der Waals surface area contributed by atoms with Crippen molar-refractivity contribution in [3.05, 3.63) is 88.8 Å². The van der Waals surface area contributed by atoms with Gasteiger partial charge in [0, 0.05) is 27.6 Å². The molecule has 0 saturated heterocycles. The number of halogens is 2. The van der Waals surface area contributed by atoms with E-state index in [0.29, 0.717) is 5.02 Å². The second kappa shape index (κ2) is 6.68. The molecule has 2 aromatic heterocycles. The van der Waals surface area contributed by atoms with Crippen molar-refractivity contribution < 1.29 is 4.39 Å². The standard InChI is InChI=1S/C24H17ClFN3/c1-14-3-9-19(11-15(14)2)29-24-20-12-18(26)8-10-22(20)27-13-21(24)23(28-29)16-4-6-17(25)7-5-16/h3-13H,1-2H3. The average Bonchev–Trinajstić information content (AvgIpc) is 3.11. The lowest BCUT2D eigenvalue weighted by atomic mass is 10.1. The Kier molecular flexibility index (Phi) is 4.10. The zero-order valence-electron chi connectivity index (χ0n) is 15.9. The fourth-order valence-electron chi connectivity index (χ4n) is 3.62. The van der Waals surface area contributed by atoms with E-state index in [4.69, 9.17) is 16.7 Å². The van der Waals surface area contributed by atoms with Gasteiger partial charge in [0.25, 0.3) is 0 Å². The molecule has 0 N–H and O–H groups in total. The number of pyridine rings is 1. The summed E-state index contributed by atoms with van der Waals surface area (Å²) < 4.78 is 16.0. The smallest absolute Gasteiger partial charge is 0.124 e. The van der Waals surface area contributed by atoms with E-state index in [9.17, 15) is 4.39 Å². The fraction of sp³-hybridized carbons (Fsp3) is 0.0833. The largest absolute Gasteiger partial charge is 0.255 e. The van der Waals surface area contributed by atoms with E-state index in [2.05, 4.69) is 31.0 Å². The van der Waals surface area contributed by atoms with Crippen molar-refractivity contribution >= 4 is 33.4 Å². The van der Waals surface area contributed by atoms with Crippen LogP contribution >= 0.6 is 11.6 Å². The number of aryl methyl sites for hydroxylation is 2. The van der Waals surface area contributed by atoms with E-state index in [1.165, 1.54) is 23.3 Å². The van der Waals surface area contributed by atoms with Crippen LogP contribution in [0, 0.1) is 19.7 Å². The average molecular weight is 402 g/mol. The number of benzene rings is 3. The number of nitrogens with zero attached hydrogens (tertiary/aromatic N) is 3. The molecule has 29 heavy (non-hydrogen) atoms. The Hall–Kier alpha value is -3.24. The summed E-state index contributed by atoms with van der Waals surface area (Å²) in [4.78, 5) is 4.55. The SMILES string of the molecule is Cc1ccc(-n2nc(-c3ccc(Cl)cc3)c3cnc4ccc(F)cc4c32)cc1C. The molecule has 0 spiro atoms. The van der Waals surface area contributed by atoms with E-state index in [-0.39, 0.29) is 5.82 Å². The highest BCUT2D eigenvalue weighted by Gasteiger charge is 2.17. The number of aromatic nitrogens is 3. The van der Waals surface area contributed by atoms with Gasteiger partial charge >= 0.3 is 0 Å². The van der Waals surface area contributed by atoms with Crippen molar-refractivity contribution in [1.82, 2.24) is 14.8 Å². The fourth-order valence-corrected chi connectivity index (χ4v) is 3.75. The van der Waals surface area contributed by atoms with Gasteiger partial charge < -0.3 is 0 Å². The molecule has 5 rings (SSSR count). The first kappa shape index (κ1) is 17.8. The minimum Gasteiger partial charge on any atom is -0.255 e. The Labute approximate surface area is 172 Å². The molecule has 5 aromatic rings. The lowest BCUT2D eigenvalue weighted by Crippen LogP contribution is -1.98. The topological polar surface area (TPSA) is 30.7 Å². The normalized spacial score (nSPS) is 11.4. The first-order valence-electron chi connectivity index (χ1n) is 9.32. The molecule has 3 nitrogen and oxygen atoms in total. The van der Waals surface area contributed by atoms with Crippen molar-refractivity contribution in [2.75, 3.05) is 0 Å². The molecule has 3 aromatic carbocycles. The highest BCUT2D eigenvalue weighted by molar-refractivity contribution is 6.30. The van der Waals surface area contributed by atoms with Gasteiger partial charge in [-0.3, -0.25) is 4.98 Å². The molecule has 0 fully saturated rings. The van der Waals surface area contributed by atoms with E-state index < -0.39 is 0 Å². The Morgan fingerprint density at radius 2 is 1.66 bits per heavy atom. The number of hydrogen-bond acceptors (Lipinski definition) is 2. The van der Waals surface area contributed by atoms with E-state index >= 15 is 0 Å². The van der Waals surface area contributed by atoms with Gasteiger partial charge in [-0.1, -0.05) is 29.8 Å². The van der Waals surface area contributed by atoms with Gasteiger partial charge in [-0.15, -0.1) is 0 Å². The Morgan fingerprint density at radius 1 is 0.862 bits per heavy atom. The summed E-state index contributed by atoms with van der Waals surface area (Å²) in [6.45, 7) is 4.15. The van der Waals surface area contributed by atoms with Gasteiger partial charge in [-0.25, -0.2) is 9.07 Å². The monoisotopic (exact) mass is 401 g/mol. The van der Waals surface area contributed by atoms with Gasteiger partial charge in [0.2, 0.25) is 0 Å². The molecule has 0 atom stereocenters. The third kappa shape index (κ3) is 2.97. The predicted molar refractivity (Wildman–Crippen MR) is 116 cm³/mol. The summed E-state index contributed by atoms with van der Waals surface area (Å²) in [5, 5.41) is 7.18. The highest BCUT2D eigenvalue weighted by Crippen LogP contribution is 2.34. The minimum atomic E-state index is -0.298. The maximum absolute atomic E-state index is 14.1. The Balaban J connectivity index is 1.90. The molecule has 0 bridgehead atoms. The summed E-state index contributed by atoms with van der Waals surface area (Å²) in [6.07, 6.45) is 1.81. The molecule has 0 radical (unpaired) electrons. The molecule has 0 saturated carbocycles. The van der Waals surface area contributed by atoms with E-state index in [1.807, 2.05) is 41.2 Å². The third-order valence-electron chi connectivity index (χ3n) is 5.32. The maximum atomic E-state index is 14.1. The molecule has 0 unspecified atom stereocenters. The van der Waals surface area contributed by atoms with Gasteiger partial charge in [0.05, 0.1) is 16.7 Å². The van der Waals surface area contributed by atoms with Crippen LogP contribution in [-0.2, 0) is 0 Å². The number of fused-ring (bicyclic) bond motifs is 3. The lowest BCUT2D eigenvalue weighted by Gasteiger charge is -2.08. The van der Waals surface area contributed by atoms with E-state index in [0.717, 1.165) is 38.8 Å². The first-order chi connectivity index (χ1) is 14.0. The zero-order valence-corrected chi connectivity index (χ0v) is 16.7. The predicted octanol–water partition coefficient (Wildman–Crippen LogP) is 6.65. The summed E-state index contributed by atoms with van der Waals surface area (Å²) in [7, 11) is 0. The summed E-state index contributed by atoms with van der Waals surface area (Å²) in [5.74, 6) is -0.298. The molecule has 0 aliphatic heterocycles. The molecule has 5 heteroatoms. The molecular weight excluding hydrogens is 385 g/mol. The quantitative estimate of drug-likeness (QED) is 0.331. The maximum Gasteiger partial charge on any atom is 0.124 e. The van der Waals surface area contributed by atoms with Crippen LogP contribution in [0.5, 0.6) is 0 Å². The van der Waals surface area contributed by atoms with Crippen LogP contribution in [0.15, 0.2) is 66.9 Å². The van der Waals surface area contributed by atoms with Gasteiger partial charge in [0.1, 0.15) is 11.5 Å². The zero-order chi connectivity index (χ0) is 20.1. The molecule has 142 valence electrons. The summed E-state index contributed by atoms with van der Waals surface area (Å²) in [6, 6.07) is 18.4. The summed E-state index contributed by atoms with van der Waals surface area (Å²) >= 11 is 6.07. The van der Waals surface area contributed by atoms with Gasteiger partial charge in [-0.05, 0) is 67.4 Å². The minimum absolute atomic E-state index is 0.298. The number of rotatable bonds is 2. The lowest BCUT2D eigenvalue weighted by molar-refractivity contribution is 0.629. The highest BCUT2D eigenvalue weighted by atomic mass is 35.5. The molecule has 0 aliphatic rings. The van der Waals surface area contributed by atoms with Crippen LogP contribution in [0.1, 0.15) is 11.1 Å². The van der Waals surface area contributed by atoms with Crippen LogP contribution in [0.4, 0.5) is 4.39 Å². The van der Waals surface area contributed by atoms with Crippen molar-refractivity contribution in [2.45, 2.75) is 13.8 Å². The van der Waals surface area contributed by atoms with Crippen molar-refractivity contribution in [3.8, 4) is 16.9 Å². The van der Waals surface area contributed by atoms with Gasteiger partial charge in [0.15, 0.2) is 0 Å². The second-order valence-corrected chi connectivity index (χ2v) is 7.65. The van der Waals surface area contributed by atoms with Crippen LogP contribution in [0.2, 0.25) is 5.02 Å². The molecular formula is C24H17ClFN3. The van der Waals surface area contributed by atoms with Gasteiger partial charge in [-0.2, -0.15) is 5.10 Å². The van der Waals surface area contributed by atoms with Crippen LogP contribution in [-0.4, -0.2) is 14.8 Å². The first-order valence-corrected chi connectivity index (χ1v) is 9.69. The van der Waals surface area contributed by atoms with Crippen LogP contribution in [0.25, 0.3) is 38.8 Å². The molecule has 0 amide bonds. The van der Waals surface area contributed by atoms with Crippen LogP contribution in [0.3, 0.4) is 0 Å². The second-order valence-electron chi connectivity index (χ2n) is 7.22. The van der Waals surface area contributed by atoms with Crippen molar-refractivity contribution in [1.29, 1.82) is 0 Å². The van der Waals surface area contributed by atoms with E-state index in [1.54, 1.807) is 6.07 Å². The van der Waals surface area contributed by atoms with Crippen molar-refractivity contribution in [2.24, 2.45) is 0 Å².